The Morgan fingerprint density at radius 1 is 1.47 bits per heavy atom. The van der Waals surface area contributed by atoms with Gasteiger partial charge < -0.3 is 10.0 Å². The first-order chi connectivity index (χ1) is 8.24. The van der Waals surface area contributed by atoms with Crippen molar-refractivity contribution in [3.63, 3.8) is 0 Å². The van der Waals surface area contributed by atoms with Crippen molar-refractivity contribution >= 4 is 17.4 Å². The zero-order chi connectivity index (χ0) is 11.8. The Labute approximate surface area is 107 Å². The molecule has 3 rings (SSSR count). The highest BCUT2D eigenvalue weighted by Gasteiger charge is 2.28. The molecule has 3 heteroatoms. The number of allylic oxidation sites excluding steroid dienone is 1. The number of fused-ring (bicyclic) bond motifs is 1. The van der Waals surface area contributed by atoms with E-state index >= 15 is 0 Å². The smallest absolute Gasteiger partial charge is 0.0557 e. The fourth-order valence-electron chi connectivity index (χ4n) is 2.86. The number of aliphatic hydroxyl groups excluding tert-OH is 1. The standard InChI is InChI=1S/C14H19NOS/c1-10(16)12-4-6-15(9-12)13-3-2-11-5-7-17-14(11)8-13/h5,7-8,10,12,16H,2-4,6,9H2,1H3. The number of thiophene rings is 1. The number of likely N-dealkylation sites (tertiary alicyclic amines) is 1. The van der Waals surface area contributed by atoms with Crippen LogP contribution in [0.2, 0.25) is 0 Å². The number of hydrogen-bond acceptors (Lipinski definition) is 3. The third-order valence-electron chi connectivity index (χ3n) is 4.04. The second-order valence-corrected chi connectivity index (χ2v) is 6.13. The SMILES string of the molecule is CC(O)C1CCN(C2=Cc3sccc3CC2)C1. The van der Waals surface area contributed by atoms with Crippen LogP contribution in [0.3, 0.4) is 0 Å². The minimum atomic E-state index is -0.165. The van der Waals surface area contributed by atoms with E-state index in [1.54, 1.807) is 0 Å². The highest BCUT2D eigenvalue weighted by Crippen LogP contribution is 2.32. The van der Waals surface area contributed by atoms with Gasteiger partial charge >= 0.3 is 0 Å². The van der Waals surface area contributed by atoms with E-state index in [2.05, 4.69) is 22.4 Å². The summed E-state index contributed by atoms with van der Waals surface area (Å²) in [7, 11) is 0. The van der Waals surface area contributed by atoms with E-state index in [4.69, 9.17) is 0 Å². The summed E-state index contributed by atoms with van der Waals surface area (Å²) in [5.74, 6) is 0.459. The lowest BCUT2D eigenvalue weighted by Crippen LogP contribution is -2.24. The van der Waals surface area contributed by atoms with E-state index in [1.807, 2.05) is 18.3 Å². The van der Waals surface area contributed by atoms with Gasteiger partial charge in [0.1, 0.15) is 0 Å². The molecule has 1 aliphatic heterocycles. The van der Waals surface area contributed by atoms with Crippen LogP contribution in [-0.2, 0) is 6.42 Å². The molecule has 1 N–H and O–H groups in total. The molecule has 0 spiro atoms. The molecule has 2 atom stereocenters. The molecule has 17 heavy (non-hydrogen) atoms. The molecule has 0 bridgehead atoms. The number of aliphatic hydroxyl groups is 1. The zero-order valence-corrected chi connectivity index (χ0v) is 11.0. The third kappa shape index (κ3) is 2.14. The minimum absolute atomic E-state index is 0.165. The van der Waals surface area contributed by atoms with Gasteiger partial charge in [-0.3, -0.25) is 0 Å². The molecule has 2 aliphatic rings. The van der Waals surface area contributed by atoms with E-state index < -0.39 is 0 Å². The van der Waals surface area contributed by atoms with Gasteiger partial charge in [0.05, 0.1) is 6.10 Å². The summed E-state index contributed by atoms with van der Waals surface area (Å²) in [5.41, 5.74) is 2.98. The second-order valence-electron chi connectivity index (χ2n) is 5.18. The zero-order valence-electron chi connectivity index (χ0n) is 10.2. The molecule has 0 saturated carbocycles. The van der Waals surface area contributed by atoms with Crippen molar-refractivity contribution < 1.29 is 5.11 Å². The molecule has 1 saturated heterocycles. The van der Waals surface area contributed by atoms with Gasteiger partial charge in [0.2, 0.25) is 0 Å². The van der Waals surface area contributed by atoms with Gasteiger partial charge in [0.25, 0.3) is 0 Å². The average molecular weight is 249 g/mol. The molecular weight excluding hydrogens is 230 g/mol. The fraction of sp³-hybridized carbons (Fsp3) is 0.571. The maximum atomic E-state index is 9.65. The molecule has 1 fully saturated rings. The summed E-state index contributed by atoms with van der Waals surface area (Å²) >= 11 is 1.84. The van der Waals surface area contributed by atoms with E-state index in [0.29, 0.717) is 5.92 Å². The van der Waals surface area contributed by atoms with Crippen LogP contribution in [0.25, 0.3) is 6.08 Å². The normalized spacial score (nSPS) is 25.6. The van der Waals surface area contributed by atoms with Crippen LogP contribution in [0.5, 0.6) is 0 Å². The van der Waals surface area contributed by atoms with E-state index in [-0.39, 0.29) is 6.10 Å². The van der Waals surface area contributed by atoms with Gasteiger partial charge in [-0.2, -0.15) is 0 Å². The molecule has 92 valence electrons. The topological polar surface area (TPSA) is 23.5 Å². The van der Waals surface area contributed by atoms with Gasteiger partial charge in [-0.15, -0.1) is 11.3 Å². The fourth-order valence-corrected chi connectivity index (χ4v) is 3.76. The first-order valence-corrected chi connectivity index (χ1v) is 7.32. The van der Waals surface area contributed by atoms with Gasteiger partial charge in [-0.05, 0) is 49.3 Å². The van der Waals surface area contributed by atoms with Gasteiger partial charge in [-0.1, -0.05) is 0 Å². The van der Waals surface area contributed by atoms with Crippen molar-refractivity contribution in [2.75, 3.05) is 13.1 Å². The van der Waals surface area contributed by atoms with Gasteiger partial charge in [0, 0.05) is 29.6 Å². The van der Waals surface area contributed by atoms with Crippen LogP contribution in [0.4, 0.5) is 0 Å². The van der Waals surface area contributed by atoms with Gasteiger partial charge in [-0.25, -0.2) is 0 Å². The molecular formula is C14H19NOS. The molecule has 2 unspecified atom stereocenters. The Morgan fingerprint density at radius 3 is 3.12 bits per heavy atom. The van der Waals surface area contributed by atoms with Crippen molar-refractivity contribution in [1.82, 2.24) is 4.90 Å². The predicted molar refractivity (Wildman–Crippen MR) is 72.0 cm³/mol. The van der Waals surface area contributed by atoms with E-state index in [1.165, 1.54) is 22.6 Å². The van der Waals surface area contributed by atoms with E-state index in [9.17, 15) is 5.11 Å². The van der Waals surface area contributed by atoms with Gasteiger partial charge in [0.15, 0.2) is 0 Å². The highest BCUT2D eigenvalue weighted by molar-refractivity contribution is 7.11. The first-order valence-electron chi connectivity index (χ1n) is 6.44. The second kappa shape index (κ2) is 4.46. The molecule has 0 amide bonds. The number of aryl methyl sites for hydroxylation is 1. The van der Waals surface area contributed by atoms with E-state index in [0.717, 1.165) is 25.9 Å². The molecule has 1 aromatic heterocycles. The quantitative estimate of drug-likeness (QED) is 0.871. The number of nitrogens with zero attached hydrogens (tertiary/aromatic N) is 1. The lowest BCUT2D eigenvalue weighted by Gasteiger charge is -2.25. The van der Waals surface area contributed by atoms with Crippen LogP contribution < -0.4 is 0 Å². The van der Waals surface area contributed by atoms with Crippen LogP contribution >= 0.6 is 11.3 Å². The molecule has 0 radical (unpaired) electrons. The summed E-state index contributed by atoms with van der Waals surface area (Å²) in [6.07, 6.45) is 5.67. The molecule has 1 aliphatic carbocycles. The van der Waals surface area contributed by atoms with Crippen molar-refractivity contribution in [3.05, 3.63) is 27.6 Å². The lowest BCUT2D eigenvalue weighted by atomic mass is 10.0. The van der Waals surface area contributed by atoms with Crippen LogP contribution in [0, 0.1) is 5.92 Å². The van der Waals surface area contributed by atoms with Crippen molar-refractivity contribution in [2.45, 2.75) is 32.3 Å². The summed E-state index contributed by atoms with van der Waals surface area (Å²) in [4.78, 5) is 3.91. The average Bonchev–Trinajstić information content (AvgIpc) is 2.97. The van der Waals surface area contributed by atoms with Crippen molar-refractivity contribution in [3.8, 4) is 0 Å². The van der Waals surface area contributed by atoms with Crippen molar-refractivity contribution in [2.24, 2.45) is 5.92 Å². The monoisotopic (exact) mass is 249 g/mol. The minimum Gasteiger partial charge on any atom is -0.393 e. The Hall–Kier alpha value is -0.800. The van der Waals surface area contributed by atoms with Crippen LogP contribution in [-0.4, -0.2) is 29.2 Å². The lowest BCUT2D eigenvalue weighted by molar-refractivity contribution is 0.130. The van der Waals surface area contributed by atoms with Crippen LogP contribution in [0.15, 0.2) is 17.1 Å². The number of hydrogen-bond donors (Lipinski definition) is 1. The summed E-state index contributed by atoms with van der Waals surface area (Å²) < 4.78 is 0. The molecule has 2 heterocycles. The van der Waals surface area contributed by atoms with Crippen LogP contribution in [0.1, 0.15) is 30.2 Å². The maximum Gasteiger partial charge on any atom is 0.0557 e. The van der Waals surface area contributed by atoms with Crippen molar-refractivity contribution in [1.29, 1.82) is 0 Å². The maximum absolute atomic E-state index is 9.65. The highest BCUT2D eigenvalue weighted by atomic mass is 32.1. The molecule has 0 aromatic carbocycles. The third-order valence-corrected chi connectivity index (χ3v) is 4.95. The number of rotatable bonds is 2. The summed E-state index contributed by atoms with van der Waals surface area (Å²) in [5, 5.41) is 11.8. The Kier molecular flexibility index (Phi) is 2.97. The Balaban J connectivity index is 1.75. The summed E-state index contributed by atoms with van der Waals surface area (Å²) in [6.45, 7) is 4.06. The molecule has 1 aromatic rings. The molecule has 2 nitrogen and oxygen atoms in total. The first kappa shape index (κ1) is 11.3. The summed E-state index contributed by atoms with van der Waals surface area (Å²) in [6, 6.07) is 2.25. The largest absolute Gasteiger partial charge is 0.393 e. The Morgan fingerprint density at radius 2 is 2.35 bits per heavy atom. The Bertz CT molecular complexity index is 435. The predicted octanol–water partition coefficient (Wildman–Crippen LogP) is 2.74.